The van der Waals surface area contributed by atoms with E-state index in [4.69, 9.17) is 9.47 Å². The van der Waals surface area contributed by atoms with Gasteiger partial charge < -0.3 is 14.6 Å². The van der Waals surface area contributed by atoms with Crippen molar-refractivity contribution in [3.8, 4) is 11.5 Å². The van der Waals surface area contributed by atoms with Crippen LogP contribution in [0.2, 0.25) is 0 Å². The molecule has 0 aliphatic carbocycles. The highest BCUT2D eigenvalue weighted by Gasteiger charge is 2.33. The molecule has 0 amide bonds. The molecule has 1 N–H and O–H groups in total. The molecular formula is C18H20O4. The van der Waals surface area contributed by atoms with Gasteiger partial charge in [0.15, 0.2) is 0 Å². The standard InChI is InChI=1S/C18H20O4/c1-3-18(2,17(19)20)22-16-11-9-15(10-12-16)21-13-14-7-5-4-6-8-14/h4-12H,3,13H2,1-2H3,(H,19,20)/t18-/m1/s1. The molecule has 1 atom stereocenters. The van der Waals surface area contributed by atoms with Gasteiger partial charge >= 0.3 is 5.97 Å². The molecule has 0 aliphatic heterocycles. The lowest BCUT2D eigenvalue weighted by Crippen LogP contribution is -2.40. The van der Waals surface area contributed by atoms with Crippen LogP contribution in [-0.2, 0) is 11.4 Å². The van der Waals surface area contributed by atoms with E-state index in [9.17, 15) is 9.90 Å². The van der Waals surface area contributed by atoms with Gasteiger partial charge in [0.2, 0.25) is 5.60 Å². The second-order valence-electron chi connectivity index (χ2n) is 5.24. The fourth-order valence-corrected chi connectivity index (χ4v) is 1.87. The molecule has 0 aromatic heterocycles. The number of hydrogen-bond donors (Lipinski definition) is 1. The van der Waals surface area contributed by atoms with Gasteiger partial charge in [-0.3, -0.25) is 0 Å². The Labute approximate surface area is 130 Å². The van der Waals surface area contributed by atoms with Gasteiger partial charge in [-0.1, -0.05) is 37.3 Å². The van der Waals surface area contributed by atoms with Gasteiger partial charge in [-0.15, -0.1) is 0 Å². The van der Waals surface area contributed by atoms with Crippen molar-refractivity contribution in [2.24, 2.45) is 0 Å². The lowest BCUT2D eigenvalue weighted by Gasteiger charge is -2.24. The van der Waals surface area contributed by atoms with Crippen LogP contribution in [0.15, 0.2) is 54.6 Å². The van der Waals surface area contributed by atoms with E-state index < -0.39 is 11.6 Å². The minimum Gasteiger partial charge on any atom is -0.489 e. The summed E-state index contributed by atoms with van der Waals surface area (Å²) in [6, 6.07) is 16.9. The van der Waals surface area contributed by atoms with E-state index >= 15 is 0 Å². The number of rotatable bonds is 7. The number of aliphatic carboxylic acids is 1. The van der Waals surface area contributed by atoms with E-state index in [1.807, 2.05) is 30.3 Å². The minimum absolute atomic E-state index is 0.384. The molecule has 0 fully saturated rings. The maximum Gasteiger partial charge on any atom is 0.347 e. The fraction of sp³-hybridized carbons (Fsp3) is 0.278. The van der Waals surface area contributed by atoms with Crippen LogP contribution in [0.3, 0.4) is 0 Å². The van der Waals surface area contributed by atoms with Crippen molar-refractivity contribution >= 4 is 5.97 Å². The van der Waals surface area contributed by atoms with Crippen molar-refractivity contribution in [2.75, 3.05) is 0 Å². The summed E-state index contributed by atoms with van der Waals surface area (Å²) in [6.07, 6.45) is 0.384. The monoisotopic (exact) mass is 300 g/mol. The van der Waals surface area contributed by atoms with Gasteiger partial charge in [-0.05, 0) is 43.2 Å². The zero-order chi connectivity index (χ0) is 16.0. The number of hydrogen-bond acceptors (Lipinski definition) is 3. The summed E-state index contributed by atoms with van der Waals surface area (Å²) in [5.41, 5.74) is -0.126. The molecule has 0 spiro atoms. The highest BCUT2D eigenvalue weighted by molar-refractivity contribution is 5.77. The first-order valence-corrected chi connectivity index (χ1v) is 7.23. The molecule has 4 nitrogen and oxygen atoms in total. The van der Waals surface area contributed by atoms with Crippen LogP contribution in [-0.4, -0.2) is 16.7 Å². The van der Waals surface area contributed by atoms with Crippen LogP contribution >= 0.6 is 0 Å². The number of carboxylic acids is 1. The second-order valence-corrected chi connectivity index (χ2v) is 5.24. The molecule has 2 aromatic rings. The molecule has 22 heavy (non-hydrogen) atoms. The summed E-state index contributed by atoms with van der Waals surface area (Å²) in [4.78, 5) is 11.2. The van der Waals surface area contributed by atoms with Crippen molar-refractivity contribution < 1.29 is 19.4 Å². The quantitative estimate of drug-likeness (QED) is 0.842. The molecular weight excluding hydrogens is 280 g/mol. The van der Waals surface area contributed by atoms with Crippen LogP contribution in [0.5, 0.6) is 11.5 Å². The van der Waals surface area contributed by atoms with E-state index in [1.54, 1.807) is 38.1 Å². The van der Waals surface area contributed by atoms with Crippen molar-refractivity contribution in [3.63, 3.8) is 0 Å². The third kappa shape index (κ3) is 4.01. The Morgan fingerprint density at radius 1 is 1.05 bits per heavy atom. The topological polar surface area (TPSA) is 55.8 Å². The first-order valence-electron chi connectivity index (χ1n) is 7.23. The second kappa shape index (κ2) is 6.98. The minimum atomic E-state index is -1.22. The van der Waals surface area contributed by atoms with Gasteiger partial charge in [0, 0.05) is 0 Å². The SMILES string of the molecule is CC[C@@](C)(Oc1ccc(OCc2ccccc2)cc1)C(=O)O. The third-order valence-corrected chi connectivity index (χ3v) is 3.54. The molecule has 116 valence electrons. The molecule has 0 saturated carbocycles. The number of benzene rings is 2. The Kier molecular flexibility index (Phi) is 5.04. The lowest BCUT2D eigenvalue weighted by atomic mass is 10.0. The van der Waals surface area contributed by atoms with E-state index in [1.165, 1.54) is 0 Å². The summed E-state index contributed by atoms with van der Waals surface area (Å²) in [6.45, 7) is 3.84. The predicted octanol–water partition coefficient (Wildman–Crippen LogP) is 3.90. The van der Waals surface area contributed by atoms with Crippen molar-refractivity contribution in [2.45, 2.75) is 32.5 Å². The molecule has 0 unspecified atom stereocenters. The largest absolute Gasteiger partial charge is 0.489 e. The molecule has 4 heteroatoms. The van der Waals surface area contributed by atoms with Gasteiger partial charge in [0.25, 0.3) is 0 Å². The summed E-state index contributed by atoms with van der Waals surface area (Å²) >= 11 is 0. The molecule has 0 bridgehead atoms. The van der Waals surface area contributed by atoms with E-state index in [-0.39, 0.29) is 0 Å². The van der Waals surface area contributed by atoms with Gasteiger partial charge in [-0.25, -0.2) is 4.79 Å². The Hall–Kier alpha value is -2.49. The fourth-order valence-electron chi connectivity index (χ4n) is 1.87. The normalized spacial score (nSPS) is 13.2. The Morgan fingerprint density at radius 2 is 1.64 bits per heavy atom. The zero-order valence-corrected chi connectivity index (χ0v) is 12.8. The van der Waals surface area contributed by atoms with E-state index in [0.717, 1.165) is 5.56 Å². The Balaban J connectivity index is 1.97. The highest BCUT2D eigenvalue weighted by atomic mass is 16.5. The molecule has 2 rings (SSSR count). The van der Waals surface area contributed by atoms with Crippen LogP contribution in [0, 0.1) is 0 Å². The van der Waals surface area contributed by atoms with Crippen molar-refractivity contribution in [1.82, 2.24) is 0 Å². The van der Waals surface area contributed by atoms with Crippen LogP contribution in [0.1, 0.15) is 25.8 Å². The molecule has 2 aromatic carbocycles. The smallest absolute Gasteiger partial charge is 0.347 e. The van der Waals surface area contributed by atoms with Gasteiger partial charge in [-0.2, -0.15) is 0 Å². The van der Waals surface area contributed by atoms with Crippen molar-refractivity contribution in [3.05, 3.63) is 60.2 Å². The maximum absolute atomic E-state index is 11.2. The predicted molar refractivity (Wildman–Crippen MR) is 84.2 cm³/mol. The van der Waals surface area contributed by atoms with Crippen LogP contribution in [0.25, 0.3) is 0 Å². The van der Waals surface area contributed by atoms with Crippen molar-refractivity contribution in [1.29, 1.82) is 0 Å². The highest BCUT2D eigenvalue weighted by Crippen LogP contribution is 2.24. The number of carbonyl (C=O) groups is 1. The van der Waals surface area contributed by atoms with E-state index in [2.05, 4.69) is 0 Å². The Morgan fingerprint density at radius 3 is 2.18 bits per heavy atom. The number of ether oxygens (including phenoxy) is 2. The average molecular weight is 300 g/mol. The van der Waals surface area contributed by atoms with Gasteiger partial charge in [0.05, 0.1) is 0 Å². The molecule has 0 radical (unpaired) electrons. The maximum atomic E-state index is 11.2. The number of carboxylic acid groups (broad SMARTS) is 1. The molecule has 0 saturated heterocycles. The van der Waals surface area contributed by atoms with Gasteiger partial charge in [0.1, 0.15) is 18.1 Å². The first kappa shape index (κ1) is 15.9. The zero-order valence-electron chi connectivity index (χ0n) is 12.8. The molecule has 0 aliphatic rings. The first-order chi connectivity index (χ1) is 10.5. The van der Waals surface area contributed by atoms with E-state index in [0.29, 0.717) is 24.5 Å². The summed E-state index contributed by atoms with van der Waals surface area (Å²) in [7, 11) is 0. The summed E-state index contributed by atoms with van der Waals surface area (Å²) < 4.78 is 11.3. The summed E-state index contributed by atoms with van der Waals surface area (Å²) in [5, 5.41) is 9.21. The third-order valence-electron chi connectivity index (χ3n) is 3.54. The lowest BCUT2D eigenvalue weighted by molar-refractivity contribution is -0.154. The summed E-state index contributed by atoms with van der Waals surface area (Å²) in [5.74, 6) is 0.253. The Bertz CT molecular complexity index is 607. The van der Waals surface area contributed by atoms with Crippen LogP contribution in [0.4, 0.5) is 0 Å². The average Bonchev–Trinajstić information content (AvgIpc) is 2.55. The molecule has 0 heterocycles. The van der Waals surface area contributed by atoms with Crippen LogP contribution < -0.4 is 9.47 Å².